The fraction of sp³-hybridized carbons (Fsp3) is 0.600. The fourth-order valence-corrected chi connectivity index (χ4v) is 0.782. The molecule has 0 bridgehead atoms. The van der Waals surface area contributed by atoms with Gasteiger partial charge in [-0.05, 0) is 24.5 Å². The van der Waals surface area contributed by atoms with Crippen molar-refractivity contribution in [3.63, 3.8) is 0 Å². The van der Waals surface area contributed by atoms with Gasteiger partial charge in [0.05, 0.1) is 0 Å². The van der Waals surface area contributed by atoms with Gasteiger partial charge in [-0.3, -0.25) is 0 Å². The first-order valence-corrected chi connectivity index (χ1v) is 3.79. The van der Waals surface area contributed by atoms with Gasteiger partial charge in [-0.15, -0.1) is 0 Å². The Hall–Kier alpha value is -0.200. The Kier molecular flexibility index (Phi) is 3.67. The Morgan fingerprint density at radius 1 is 1.75 bits per heavy atom. The second-order valence-electron chi connectivity index (χ2n) is 1.82. The summed E-state index contributed by atoms with van der Waals surface area (Å²) in [5.41, 5.74) is 1.09. The van der Waals surface area contributed by atoms with Crippen molar-refractivity contribution in [2.75, 3.05) is 6.16 Å². The van der Waals surface area contributed by atoms with Crippen LogP contribution in [-0.4, -0.2) is 11.1 Å². The highest BCUT2D eigenvalue weighted by atomic mass is 31.1. The number of hydrogen-bond acceptors (Lipinski definition) is 1. The third-order valence-electron chi connectivity index (χ3n) is 0.656. The minimum atomic E-state index is -1.96. The van der Waals surface area contributed by atoms with Crippen LogP contribution in [0.25, 0.3) is 0 Å². The highest BCUT2D eigenvalue weighted by Gasteiger charge is 2.03. The van der Waals surface area contributed by atoms with Gasteiger partial charge in [-0.2, -0.15) is 4.89 Å². The van der Waals surface area contributed by atoms with E-state index in [4.69, 9.17) is 4.89 Å². The zero-order valence-corrected chi connectivity index (χ0v) is 5.98. The van der Waals surface area contributed by atoms with E-state index < -0.39 is 8.03 Å². The average molecular weight is 133 g/mol. The quantitative estimate of drug-likeness (QED) is 0.459. The molecule has 46 valence electrons. The predicted octanol–water partition coefficient (Wildman–Crippen LogP) is 1.69. The summed E-state index contributed by atoms with van der Waals surface area (Å²) in [4.78, 5) is 8.27. The molecule has 0 aromatic rings. The second-order valence-corrected chi connectivity index (χ2v) is 2.89. The van der Waals surface area contributed by atoms with Crippen LogP contribution in [0.15, 0.2) is 11.6 Å². The van der Waals surface area contributed by atoms with Crippen LogP contribution in [0, 0.1) is 0 Å². The molecule has 0 aliphatic rings. The summed E-state index contributed by atoms with van der Waals surface area (Å²) >= 11 is 0. The van der Waals surface area contributed by atoms with Gasteiger partial charge in [-0.25, -0.2) is 0 Å². The van der Waals surface area contributed by atoms with Crippen molar-refractivity contribution in [2.45, 2.75) is 13.8 Å². The van der Waals surface area contributed by atoms with Crippen molar-refractivity contribution in [2.24, 2.45) is 0 Å². The van der Waals surface area contributed by atoms with Crippen molar-refractivity contribution >= 4 is 8.03 Å². The molecule has 1 atom stereocenters. The topological polar surface area (TPSA) is 37.3 Å². The summed E-state index contributed by atoms with van der Waals surface area (Å²) in [6.45, 7) is 3.80. The van der Waals surface area contributed by atoms with E-state index in [-0.39, 0.29) is 6.16 Å². The average Bonchev–Trinajstić information content (AvgIpc) is 1.61. The maximum atomic E-state index is 10.0. The van der Waals surface area contributed by atoms with Gasteiger partial charge < -0.3 is 0 Å². The molecule has 8 heavy (non-hydrogen) atoms. The molecule has 0 aromatic carbocycles. The smallest absolute Gasteiger partial charge is 0.160 e. The molecule has 1 unspecified atom stereocenters. The maximum Gasteiger partial charge on any atom is 0.509 e. The van der Waals surface area contributed by atoms with Crippen LogP contribution in [0.3, 0.4) is 0 Å². The zero-order valence-electron chi connectivity index (χ0n) is 5.09. The van der Waals surface area contributed by atoms with Crippen molar-refractivity contribution in [3.05, 3.63) is 11.6 Å². The van der Waals surface area contributed by atoms with E-state index in [1.54, 1.807) is 6.08 Å². The van der Waals surface area contributed by atoms with Crippen LogP contribution in [0.1, 0.15) is 13.8 Å². The monoisotopic (exact) mass is 133 g/mol. The first-order chi connectivity index (χ1) is 3.63. The summed E-state index contributed by atoms with van der Waals surface area (Å²) in [5.74, 6) is 0. The molecular weight excluding hydrogens is 123 g/mol. The molecule has 0 saturated heterocycles. The summed E-state index contributed by atoms with van der Waals surface area (Å²) in [7, 11) is -1.96. The highest BCUT2D eigenvalue weighted by molar-refractivity contribution is 7.38. The van der Waals surface area contributed by atoms with Gasteiger partial charge in [-0.1, -0.05) is 5.57 Å². The third kappa shape index (κ3) is 5.80. The lowest BCUT2D eigenvalue weighted by molar-refractivity contribution is 0.506. The van der Waals surface area contributed by atoms with E-state index in [1.165, 1.54) is 0 Å². The molecule has 1 N–H and O–H groups in total. The first kappa shape index (κ1) is 7.80. The number of rotatable bonds is 2. The van der Waals surface area contributed by atoms with Crippen LogP contribution in [-0.2, 0) is 4.57 Å². The standard InChI is InChI=1S/C5H9O2P/c1-5(2)3-4-8(6)7/h3H,4H2,1-2H3/p+1. The van der Waals surface area contributed by atoms with Gasteiger partial charge in [0.25, 0.3) is 0 Å². The molecule has 0 fully saturated rings. The van der Waals surface area contributed by atoms with E-state index in [9.17, 15) is 4.57 Å². The van der Waals surface area contributed by atoms with Crippen molar-refractivity contribution in [1.82, 2.24) is 0 Å². The Bertz CT molecular complexity index is 114. The molecule has 2 nitrogen and oxygen atoms in total. The van der Waals surface area contributed by atoms with Crippen molar-refractivity contribution in [1.29, 1.82) is 0 Å². The summed E-state index contributed by atoms with van der Waals surface area (Å²) in [6, 6.07) is 0. The minimum absolute atomic E-state index is 0.289. The third-order valence-corrected chi connectivity index (χ3v) is 1.15. The van der Waals surface area contributed by atoms with E-state index in [0.717, 1.165) is 5.57 Å². The summed E-state index contributed by atoms with van der Waals surface area (Å²) in [6.07, 6.45) is 2.04. The van der Waals surface area contributed by atoms with Gasteiger partial charge in [0, 0.05) is 0 Å². The van der Waals surface area contributed by atoms with Crippen LogP contribution >= 0.6 is 8.03 Å². The number of allylic oxidation sites excluding steroid dienone is 2. The van der Waals surface area contributed by atoms with E-state index in [1.807, 2.05) is 13.8 Å². The Morgan fingerprint density at radius 3 is 2.38 bits per heavy atom. The van der Waals surface area contributed by atoms with E-state index in [0.29, 0.717) is 0 Å². The van der Waals surface area contributed by atoms with Crippen molar-refractivity contribution < 1.29 is 9.46 Å². The number of hydrogen-bond donors (Lipinski definition) is 1. The molecule has 0 saturated carbocycles. The molecular formula is C5H10O2P+. The lowest BCUT2D eigenvalue weighted by atomic mass is 10.3. The molecule has 0 aliphatic carbocycles. The molecule has 0 heterocycles. The van der Waals surface area contributed by atoms with Gasteiger partial charge >= 0.3 is 8.03 Å². The van der Waals surface area contributed by atoms with Crippen molar-refractivity contribution in [3.8, 4) is 0 Å². The lowest BCUT2D eigenvalue weighted by Crippen LogP contribution is -1.69. The molecule has 0 amide bonds. The maximum absolute atomic E-state index is 10.0. The van der Waals surface area contributed by atoms with E-state index >= 15 is 0 Å². The predicted molar refractivity (Wildman–Crippen MR) is 34.1 cm³/mol. The Morgan fingerprint density at radius 2 is 2.25 bits per heavy atom. The Balaban J connectivity index is 3.45. The van der Waals surface area contributed by atoms with Crippen LogP contribution in [0.5, 0.6) is 0 Å². The molecule has 0 spiro atoms. The van der Waals surface area contributed by atoms with Crippen LogP contribution in [0.2, 0.25) is 0 Å². The lowest BCUT2D eigenvalue weighted by Gasteiger charge is -1.77. The molecule has 3 heteroatoms. The minimum Gasteiger partial charge on any atom is -0.160 e. The van der Waals surface area contributed by atoms with Crippen LogP contribution in [0.4, 0.5) is 0 Å². The van der Waals surface area contributed by atoms with Gasteiger partial charge in [0.15, 0.2) is 6.16 Å². The fourth-order valence-electron chi connectivity index (χ4n) is 0.261. The largest absolute Gasteiger partial charge is 0.509 e. The molecule has 0 aromatic heterocycles. The molecule has 0 aliphatic heterocycles. The SMILES string of the molecule is CC(C)=CC[P+](=O)O. The van der Waals surface area contributed by atoms with Gasteiger partial charge in [0.1, 0.15) is 0 Å². The first-order valence-electron chi connectivity index (χ1n) is 2.40. The normalized spacial score (nSPS) is 10.6. The Labute approximate surface area is 50.1 Å². The zero-order chi connectivity index (χ0) is 6.57. The summed E-state index contributed by atoms with van der Waals surface area (Å²) in [5, 5.41) is 0. The molecule has 0 radical (unpaired) electrons. The van der Waals surface area contributed by atoms with Crippen LogP contribution < -0.4 is 0 Å². The molecule has 0 rings (SSSR count). The van der Waals surface area contributed by atoms with E-state index in [2.05, 4.69) is 0 Å². The summed E-state index contributed by atoms with van der Waals surface area (Å²) < 4.78 is 10.0. The van der Waals surface area contributed by atoms with Gasteiger partial charge in [0.2, 0.25) is 0 Å². The second kappa shape index (κ2) is 3.76. The highest BCUT2D eigenvalue weighted by Crippen LogP contribution is 2.12.